The molecular weight excluding hydrogens is 284 g/mol. The molecule has 0 bridgehead atoms. The maximum atomic E-state index is 12.8. The number of ether oxygens (including phenoxy) is 1. The van der Waals surface area contributed by atoms with Gasteiger partial charge in [0, 0.05) is 0 Å². The Hall–Kier alpha value is -1.57. The largest absolute Gasteiger partial charge is 0.454 e. The molecule has 0 amide bonds. The van der Waals surface area contributed by atoms with Crippen molar-refractivity contribution in [3.8, 4) is 0 Å². The summed E-state index contributed by atoms with van der Waals surface area (Å²) in [5.74, 6) is -0.0779. The van der Waals surface area contributed by atoms with Gasteiger partial charge in [0.25, 0.3) is 0 Å². The second-order valence-electron chi connectivity index (χ2n) is 7.37. The van der Waals surface area contributed by atoms with Gasteiger partial charge in [0.1, 0.15) is 5.60 Å². The Morgan fingerprint density at radius 3 is 2.48 bits per heavy atom. The quantitative estimate of drug-likeness (QED) is 0.502. The molecule has 0 atom stereocenters. The number of esters is 1. The summed E-state index contributed by atoms with van der Waals surface area (Å²) in [6, 6.07) is 8.31. The molecule has 2 nitrogen and oxygen atoms in total. The zero-order chi connectivity index (χ0) is 16.9. The van der Waals surface area contributed by atoms with Crippen LogP contribution < -0.4 is 0 Å². The number of carbonyl (C=O) groups is 1. The third kappa shape index (κ3) is 4.04. The zero-order valence-electron chi connectivity index (χ0n) is 14.9. The Morgan fingerprint density at radius 1 is 1.26 bits per heavy atom. The lowest BCUT2D eigenvalue weighted by Crippen LogP contribution is -2.37. The molecule has 2 rings (SSSR count). The first-order valence-electron chi connectivity index (χ1n) is 8.90. The molecule has 1 aliphatic carbocycles. The van der Waals surface area contributed by atoms with E-state index in [-0.39, 0.29) is 5.97 Å². The van der Waals surface area contributed by atoms with Crippen molar-refractivity contribution in [2.45, 2.75) is 71.3 Å². The van der Waals surface area contributed by atoms with E-state index >= 15 is 0 Å². The molecule has 0 saturated heterocycles. The summed E-state index contributed by atoms with van der Waals surface area (Å²) in [6.07, 6.45) is 9.13. The molecule has 2 heteroatoms. The Bertz CT molecular complexity index is 549. The highest BCUT2D eigenvalue weighted by molar-refractivity contribution is 5.76. The summed E-state index contributed by atoms with van der Waals surface area (Å²) in [4.78, 5) is 12.8. The Labute approximate surface area is 140 Å². The highest BCUT2D eigenvalue weighted by Gasteiger charge is 2.40. The van der Waals surface area contributed by atoms with E-state index in [1.165, 1.54) is 12.8 Å². The lowest BCUT2D eigenvalue weighted by Gasteiger charge is -2.36. The van der Waals surface area contributed by atoms with Gasteiger partial charge in [-0.25, -0.2) is 0 Å². The van der Waals surface area contributed by atoms with E-state index in [2.05, 4.69) is 18.7 Å². The maximum absolute atomic E-state index is 12.8. The molecule has 0 aliphatic heterocycles. The molecule has 0 spiro atoms. The first kappa shape index (κ1) is 17.8. The zero-order valence-corrected chi connectivity index (χ0v) is 14.9. The molecule has 1 aromatic rings. The third-order valence-electron chi connectivity index (χ3n) is 5.28. The van der Waals surface area contributed by atoms with Gasteiger partial charge in [-0.3, -0.25) is 4.79 Å². The fourth-order valence-electron chi connectivity index (χ4n) is 3.16. The number of benzene rings is 1. The SMILES string of the molecule is C=Cc1cccc(C2(OC(=O)C(C)(C)CC)CCCCCC2)c1. The molecule has 0 N–H and O–H groups in total. The van der Waals surface area contributed by atoms with Gasteiger partial charge in [0.15, 0.2) is 0 Å². The van der Waals surface area contributed by atoms with Crippen LogP contribution in [0.25, 0.3) is 6.08 Å². The number of rotatable bonds is 5. The first-order valence-corrected chi connectivity index (χ1v) is 8.90. The van der Waals surface area contributed by atoms with Gasteiger partial charge in [-0.2, -0.15) is 0 Å². The third-order valence-corrected chi connectivity index (χ3v) is 5.28. The monoisotopic (exact) mass is 314 g/mol. The van der Waals surface area contributed by atoms with Crippen molar-refractivity contribution in [1.82, 2.24) is 0 Å². The summed E-state index contributed by atoms with van der Waals surface area (Å²) in [7, 11) is 0. The Kier molecular flexibility index (Phi) is 5.67. The minimum Gasteiger partial charge on any atom is -0.454 e. The standard InChI is InChI=1S/C21H30O2/c1-5-17-12-11-13-18(16-17)21(14-9-7-8-10-15-21)23-19(22)20(3,4)6-2/h5,11-13,16H,1,6-10,14-15H2,2-4H3. The Morgan fingerprint density at radius 2 is 1.91 bits per heavy atom. The van der Waals surface area contributed by atoms with Crippen LogP contribution in [0.4, 0.5) is 0 Å². The van der Waals surface area contributed by atoms with Gasteiger partial charge in [0.2, 0.25) is 0 Å². The van der Waals surface area contributed by atoms with Crippen LogP contribution in [0.3, 0.4) is 0 Å². The predicted octanol–water partition coefficient (Wildman–Crippen LogP) is 5.86. The maximum Gasteiger partial charge on any atom is 0.312 e. The summed E-state index contributed by atoms with van der Waals surface area (Å²) in [5.41, 5.74) is 1.29. The molecule has 0 aromatic heterocycles. The van der Waals surface area contributed by atoms with Crippen molar-refractivity contribution < 1.29 is 9.53 Å². The van der Waals surface area contributed by atoms with Gasteiger partial charge >= 0.3 is 5.97 Å². The van der Waals surface area contributed by atoms with Crippen molar-refractivity contribution in [3.05, 3.63) is 42.0 Å². The molecule has 1 aromatic carbocycles. The van der Waals surface area contributed by atoms with E-state index in [1.807, 2.05) is 39.0 Å². The van der Waals surface area contributed by atoms with Gasteiger partial charge < -0.3 is 4.74 Å². The van der Waals surface area contributed by atoms with Gasteiger partial charge in [-0.1, -0.05) is 50.6 Å². The molecule has 23 heavy (non-hydrogen) atoms. The molecule has 1 fully saturated rings. The van der Waals surface area contributed by atoms with E-state index in [4.69, 9.17) is 4.74 Å². The normalized spacial score (nSPS) is 18.0. The van der Waals surface area contributed by atoms with E-state index in [9.17, 15) is 4.79 Å². The van der Waals surface area contributed by atoms with Gasteiger partial charge in [0.05, 0.1) is 5.41 Å². The van der Waals surface area contributed by atoms with E-state index < -0.39 is 11.0 Å². The fourth-order valence-corrected chi connectivity index (χ4v) is 3.16. The van der Waals surface area contributed by atoms with Crippen LogP contribution in [0.2, 0.25) is 0 Å². The summed E-state index contributed by atoms with van der Waals surface area (Å²) in [6.45, 7) is 9.85. The summed E-state index contributed by atoms with van der Waals surface area (Å²) < 4.78 is 6.23. The minimum absolute atomic E-state index is 0.0779. The van der Waals surface area contributed by atoms with Crippen molar-refractivity contribution in [2.75, 3.05) is 0 Å². The van der Waals surface area contributed by atoms with E-state index in [0.29, 0.717) is 0 Å². The Balaban J connectivity index is 2.39. The topological polar surface area (TPSA) is 26.3 Å². The molecular formula is C21H30O2. The molecule has 1 aliphatic rings. The smallest absolute Gasteiger partial charge is 0.312 e. The van der Waals surface area contributed by atoms with Gasteiger partial charge in [-0.05, 0) is 63.1 Å². The number of hydrogen-bond acceptors (Lipinski definition) is 2. The molecule has 1 saturated carbocycles. The van der Waals surface area contributed by atoms with Crippen LogP contribution in [-0.4, -0.2) is 5.97 Å². The number of carbonyl (C=O) groups excluding carboxylic acids is 1. The molecule has 0 unspecified atom stereocenters. The second kappa shape index (κ2) is 7.33. The minimum atomic E-state index is -0.473. The van der Waals surface area contributed by atoms with Gasteiger partial charge in [-0.15, -0.1) is 0 Å². The molecule has 126 valence electrons. The second-order valence-corrected chi connectivity index (χ2v) is 7.37. The lowest BCUT2D eigenvalue weighted by atomic mass is 9.84. The van der Waals surface area contributed by atoms with Crippen LogP contribution >= 0.6 is 0 Å². The van der Waals surface area contributed by atoms with Crippen LogP contribution in [0, 0.1) is 5.41 Å². The lowest BCUT2D eigenvalue weighted by molar-refractivity contribution is -0.174. The fraction of sp³-hybridized carbons (Fsp3) is 0.571. The molecule has 0 heterocycles. The molecule has 0 radical (unpaired) electrons. The van der Waals surface area contributed by atoms with Crippen molar-refractivity contribution >= 4 is 12.0 Å². The average molecular weight is 314 g/mol. The highest BCUT2D eigenvalue weighted by Crippen LogP contribution is 2.41. The average Bonchev–Trinajstić information content (AvgIpc) is 2.81. The first-order chi connectivity index (χ1) is 10.9. The van der Waals surface area contributed by atoms with E-state index in [0.717, 1.165) is 43.2 Å². The van der Waals surface area contributed by atoms with Crippen molar-refractivity contribution in [3.63, 3.8) is 0 Å². The van der Waals surface area contributed by atoms with Crippen LogP contribution in [-0.2, 0) is 15.1 Å². The number of hydrogen-bond donors (Lipinski definition) is 0. The summed E-state index contributed by atoms with van der Waals surface area (Å²) in [5, 5.41) is 0. The van der Waals surface area contributed by atoms with Crippen molar-refractivity contribution in [1.29, 1.82) is 0 Å². The highest BCUT2D eigenvalue weighted by atomic mass is 16.6. The van der Waals surface area contributed by atoms with Crippen LogP contribution in [0.1, 0.15) is 76.8 Å². The van der Waals surface area contributed by atoms with Crippen molar-refractivity contribution in [2.24, 2.45) is 5.41 Å². The predicted molar refractivity (Wildman–Crippen MR) is 96.1 cm³/mol. The van der Waals surface area contributed by atoms with E-state index in [1.54, 1.807) is 0 Å². The summed E-state index contributed by atoms with van der Waals surface area (Å²) >= 11 is 0. The van der Waals surface area contributed by atoms with Crippen LogP contribution in [0.5, 0.6) is 0 Å². The van der Waals surface area contributed by atoms with Crippen LogP contribution in [0.15, 0.2) is 30.8 Å².